The van der Waals surface area contributed by atoms with Gasteiger partial charge in [0.2, 0.25) is 0 Å². The lowest BCUT2D eigenvalue weighted by Crippen LogP contribution is -2.27. The average molecular weight is 236 g/mol. The predicted octanol–water partition coefficient (Wildman–Crippen LogP) is 1.76. The Labute approximate surface area is 92.3 Å². The lowest BCUT2D eigenvalue weighted by molar-refractivity contribution is 0.204. The Morgan fingerprint density at radius 3 is 2.00 bits per heavy atom. The minimum absolute atomic E-state index is 0.152. The van der Waals surface area contributed by atoms with Gasteiger partial charge in [0.25, 0.3) is 0 Å². The molecule has 0 spiro atoms. The fourth-order valence-corrected chi connectivity index (χ4v) is 1.55. The van der Waals surface area contributed by atoms with E-state index in [1.165, 1.54) is 0 Å². The molecule has 1 rings (SSSR count). The molecule has 78 valence electrons. The number of nitrogens with one attached hydrogen (secondary N) is 1. The van der Waals surface area contributed by atoms with Gasteiger partial charge in [-0.1, -0.05) is 23.2 Å². The third-order valence-corrected chi connectivity index (χ3v) is 2.11. The van der Waals surface area contributed by atoms with E-state index in [9.17, 15) is 0 Å². The highest BCUT2D eigenvalue weighted by Crippen LogP contribution is 2.22. The van der Waals surface area contributed by atoms with E-state index in [1.807, 2.05) is 0 Å². The summed E-state index contributed by atoms with van der Waals surface area (Å²) in [6, 6.07) is 4.56. The molecule has 0 aliphatic rings. The first kappa shape index (κ1) is 11.6. The zero-order valence-electron chi connectivity index (χ0n) is 7.37. The summed E-state index contributed by atoms with van der Waals surface area (Å²) >= 11 is 11.5. The Morgan fingerprint density at radius 2 is 1.57 bits per heavy atom. The van der Waals surface area contributed by atoms with Crippen LogP contribution < -0.4 is 5.32 Å². The van der Waals surface area contributed by atoms with E-state index < -0.39 is 6.04 Å². The monoisotopic (exact) mass is 235 g/mol. The summed E-state index contributed by atoms with van der Waals surface area (Å²) in [6.07, 6.45) is 0. The molecule has 0 heterocycles. The highest BCUT2D eigenvalue weighted by Gasteiger charge is 2.06. The van der Waals surface area contributed by atoms with Crippen molar-refractivity contribution in [2.45, 2.75) is 6.04 Å². The van der Waals surface area contributed by atoms with Gasteiger partial charge in [-0.05, 0) is 18.2 Å². The van der Waals surface area contributed by atoms with Crippen LogP contribution in [0.3, 0.4) is 0 Å². The van der Waals surface area contributed by atoms with Crippen molar-refractivity contribution in [2.75, 3.05) is 18.5 Å². The van der Waals surface area contributed by atoms with Gasteiger partial charge < -0.3 is 15.5 Å². The smallest absolute Gasteiger partial charge is 0.0723 e. The number of aliphatic hydroxyl groups excluding tert-OH is 2. The first-order valence-corrected chi connectivity index (χ1v) is 4.85. The van der Waals surface area contributed by atoms with E-state index >= 15 is 0 Å². The number of hydrogen-bond donors (Lipinski definition) is 3. The molecule has 0 saturated heterocycles. The molecule has 0 atom stereocenters. The number of halogens is 2. The van der Waals surface area contributed by atoms with Gasteiger partial charge >= 0.3 is 0 Å². The van der Waals surface area contributed by atoms with E-state index in [2.05, 4.69) is 5.32 Å². The molecule has 1 aromatic carbocycles. The van der Waals surface area contributed by atoms with Crippen molar-refractivity contribution in [2.24, 2.45) is 0 Å². The number of hydrogen-bond acceptors (Lipinski definition) is 3. The Kier molecular flexibility index (Phi) is 4.48. The summed E-state index contributed by atoms with van der Waals surface area (Å²) in [7, 11) is 0. The Balaban J connectivity index is 2.75. The lowest BCUT2D eigenvalue weighted by atomic mass is 10.2. The summed E-state index contributed by atoms with van der Waals surface area (Å²) in [5, 5.41) is 21.6. The predicted molar refractivity (Wildman–Crippen MR) is 58.0 cm³/mol. The SMILES string of the molecule is OCC(CO)Nc1cc(Cl)cc(Cl)c1. The van der Waals surface area contributed by atoms with Crippen LogP contribution in [0, 0.1) is 0 Å². The molecular formula is C9H11Cl2NO2. The van der Waals surface area contributed by atoms with Crippen molar-refractivity contribution >= 4 is 28.9 Å². The van der Waals surface area contributed by atoms with E-state index in [1.54, 1.807) is 18.2 Å². The molecule has 0 fully saturated rings. The highest BCUT2D eigenvalue weighted by molar-refractivity contribution is 6.35. The van der Waals surface area contributed by atoms with Crippen LogP contribution >= 0.6 is 23.2 Å². The van der Waals surface area contributed by atoms with Crippen LogP contribution in [0.25, 0.3) is 0 Å². The van der Waals surface area contributed by atoms with Gasteiger partial charge in [-0.15, -0.1) is 0 Å². The van der Waals surface area contributed by atoms with Crippen LogP contribution in [0.5, 0.6) is 0 Å². The van der Waals surface area contributed by atoms with Crippen LogP contribution in [-0.2, 0) is 0 Å². The van der Waals surface area contributed by atoms with E-state index in [0.717, 1.165) is 0 Å². The largest absolute Gasteiger partial charge is 0.394 e. The van der Waals surface area contributed by atoms with Crippen LogP contribution in [0.2, 0.25) is 10.0 Å². The molecule has 1 aromatic rings. The highest BCUT2D eigenvalue weighted by atomic mass is 35.5. The summed E-state index contributed by atoms with van der Waals surface area (Å²) in [5.41, 5.74) is 0.676. The average Bonchev–Trinajstić information content (AvgIpc) is 2.12. The van der Waals surface area contributed by atoms with Gasteiger partial charge in [-0.25, -0.2) is 0 Å². The maximum atomic E-state index is 8.84. The minimum atomic E-state index is -0.399. The minimum Gasteiger partial charge on any atom is -0.394 e. The van der Waals surface area contributed by atoms with E-state index in [4.69, 9.17) is 33.4 Å². The number of aliphatic hydroxyl groups is 2. The second kappa shape index (κ2) is 5.41. The van der Waals surface area contributed by atoms with E-state index in [-0.39, 0.29) is 13.2 Å². The van der Waals surface area contributed by atoms with Crippen molar-refractivity contribution < 1.29 is 10.2 Å². The van der Waals surface area contributed by atoms with Crippen molar-refractivity contribution in [1.29, 1.82) is 0 Å². The van der Waals surface area contributed by atoms with Gasteiger partial charge in [0.05, 0.1) is 19.3 Å². The number of anilines is 1. The lowest BCUT2D eigenvalue weighted by Gasteiger charge is -2.15. The Hall–Kier alpha value is -0.480. The molecule has 0 amide bonds. The molecule has 0 aliphatic heterocycles. The normalized spacial score (nSPS) is 10.6. The van der Waals surface area contributed by atoms with Gasteiger partial charge in [-0.2, -0.15) is 0 Å². The van der Waals surface area contributed by atoms with Gasteiger partial charge in [-0.3, -0.25) is 0 Å². The maximum absolute atomic E-state index is 8.84. The quantitative estimate of drug-likeness (QED) is 0.746. The van der Waals surface area contributed by atoms with Crippen LogP contribution in [0.15, 0.2) is 18.2 Å². The molecule has 14 heavy (non-hydrogen) atoms. The third-order valence-electron chi connectivity index (χ3n) is 1.67. The summed E-state index contributed by atoms with van der Waals surface area (Å²) in [6.45, 7) is -0.304. The summed E-state index contributed by atoms with van der Waals surface area (Å²) in [5.74, 6) is 0. The molecule has 0 radical (unpaired) electrons. The Bertz CT molecular complexity index is 283. The van der Waals surface area contributed by atoms with Crippen molar-refractivity contribution in [3.05, 3.63) is 28.2 Å². The third kappa shape index (κ3) is 3.35. The topological polar surface area (TPSA) is 52.5 Å². The van der Waals surface area contributed by atoms with Crippen molar-refractivity contribution in [3.63, 3.8) is 0 Å². The molecule has 0 unspecified atom stereocenters. The van der Waals surface area contributed by atoms with Crippen molar-refractivity contribution in [3.8, 4) is 0 Å². The first-order valence-electron chi connectivity index (χ1n) is 4.10. The van der Waals surface area contributed by atoms with Gasteiger partial charge in [0, 0.05) is 15.7 Å². The standard InChI is InChI=1S/C9H11Cl2NO2/c10-6-1-7(11)3-8(2-6)12-9(4-13)5-14/h1-3,9,12-14H,4-5H2. The van der Waals surface area contributed by atoms with Crippen molar-refractivity contribution in [1.82, 2.24) is 0 Å². The molecule has 5 heteroatoms. The molecule has 0 bridgehead atoms. The molecule has 0 saturated carbocycles. The molecule has 0 aromatic heterocycles. The second-order valence-corrected chi connectivity index (χ2v) is 3.74. The van der Waals surface area contributed by atoms with Crippen LogP contribution in [-0.4, -0.2) is 29.5 Å². The Morgan fingerprint density at radius 1 is 1.07 bits per heavy atom. The van der Waals surface area contributed by atoms with Gasteiger partial charge in [0.1, 0.15) is 0 Å². The number of rotatable bonds is 4. The fraction of sp³-hybridized carbons (Fsp3) is 0.333. The molecule has 3 nitrogen and oxygen atoms in total. The zero-order chi connectivity index (χ0) is 10.6. The van der Waals surface area contributed by atoms with E-state index in [0.29, 0.717) is 15.7 Å². The molecule has 3 N–H and O–H groups in total. The second-order valence-electron chi connectivity index (χ2n) is 2.86. The van der Waals surface area contributed by atoms with Crippen LogP contribution in [0.1, 0.15) is 0 Å². The van der Waals surface area contributed by atoms with Crippen LogP contribution in [0.4, 0.5) is 5.69 Å². The number of benzene rings is 1. The zero-order valence-corrected chi connectivity index (χ0v) is 8.89. The fourth-order valence-electron chi connectivity index (χ4n) is 1.02. The molecule has 0 aliphatic carbocycles. The summed E-state index contributed by atoms with van der Waals surface area (Å²) in [4.78, 5) is 0. The molecular weight excluding hydrogens is 225 g/mol. The van der Waals surface area contributed by atoms with Gasteiger partial charge in [0.15, 0.2) is 0 Å². The summed E-state index contributed by atoms with van der Waals surface area (Å²) < 4.78 is 0. The first-order chi connectivity index (χ1) is 6.65. The maximum Gasteiger partial charge on any atom is 0.0723 e.